The number of esters is 1. The molecule has 2 N–H and O–H groups in total. The zero-order valence-corrected chi connectivity index (χ0v) is 13.8. The third-order valence-electron chi connectivity index (χ3n) is 2.82. The maximum absolute atomic E-state index is 13.5. The van der Waals surface area contributed by atoms with Crippen molar-refractivity contribution in [2.24, 2.45) is 0 Å². The number of rotatable bonds is 7. The van der Waals surface area contributed by atoms with Crippen LogP contribution in [0.5, 0.6) is 0 Å². The van der Waals surface area contributed by atoms with Gasteiger partial charge in [0.25, 0.3) is 5.91 Å². The Morgan fingerprint density at radius 2 is 1.87 bits per heavy atom. The molecule has 0 radical (unpaired) electrons. The molecular formula is C14H19FN2O5S. The average molecular weight is 346 g/mol. The Kier molecular flexibility index (Phi) is 6.64. The maximum Gasteiger partial charge on any atom is 0.324 e. The minimum atomic E-state index is -4.23. The molecule has 0 saturated heterocycles. The lowest BCUT2D eigenvalue weighted by Gasteiger charge is -2.17. The molecule has 1 rings (SSSR count). The van der Waals surface area contributed by atoms with E-state index in [1.807, 2.05) is 4.72 Å². The van der Waals surface area contributed by atoms with Crippen LogP contribution in [0.4, 0.5) is 4.39 Å². The van der Waals surface area contributed by atoms with Crippen molar-refractivity contribution in [1.29, 1.82) is 0 Å². The number of carbonyl (C=O) groups excluding carboxylic acids is 2. The predicted molar refractivity (Wildman–Crippen MR) is 80.4 cm³/mol. The SMILES string of the molecule is CCNC(=O)[C@@H](C)OC(=O)[C@H](C)NS(=O)(=O)c1ccccc1F. The van der Waals surface area contributed by atoms with Crippen LogP contribution in [0.1, 0.15) is 20.8 Å². The standard InChI is InChI=1S/C14H19FN2O5S/c1-4-16-13(18)10(3)22-14(19)9(2)17-23(20,21)12-8-6-5-7-11(12)15/h5-10,17H,4H2,1-3H3,(H,16,18)/t9-,10+/m0/s1. The molecule has 128 valence electrons. The summed E-state index contributed by atoms with van der Waals surface area (Å²) in [5.41, 5.74) is 0. The summed E-state index contributed by atoms with van der Waals surface area (Å²) >= 11 is 0. The summed E-state index contributed by atoms with van der Waals surface area (Å²) in [6, 6.07) is 3.50. The van der Waals surface area contributed by atoms with Crippen LogP contribution in [0, 0.1) is 5.82 Å². The summed E-state index contributed by atoms with van der Waals surface area (Å²) in [5, 5.41) is 2.47. The Morgan fingerprint density at radius 3 is 2.43 bits per heavy atom. The van der Waals surface area contributed by atoms with Crippen LogP contribution in [-0.4, -0.2) is 39.0 Å². The number of likely N-dealkylation sites (N-methyl/N-ethyl adjacent to an activating group) is 1. The summed E-state index contributed by atoms with van der Waals surface area (Å²) in [6.45, 7) is 4.68. The van der Waals surface area contributed by atoms with Crippen molar-refractivity contribution in [3.8, 4) is 0 Å². The summed E-state index contributed by atoms with van der Waals surface area (Å²) < 4.78 is 44.5. The molecule has 0 fully saturated rings. The molecule has 0 spiro atoms. The van der Waals surface area contributed by atoms with E-state index in [0.717, 1.165) is 12.1 Å². The second kappa shape index (κ2) is 8.02. The highest BCUT2D eigenvalue weighted by Gasteiger charge is 2.27. The Hall–Kier alpha value is -2.00. The van der Waals surface area contributed by atoms with Crippen LogP contribution in [0.25, 0.3) is 0 Å². The van der Waals surface area contributed by atoms with E-state index in [9.17, 15) is 22.4 Å². The molecule has 0 aromatic heterocycles. The van der Waals surface area contributed by atoms with Crippen LogP contribution in [-0.2, 0) is 24.3 Å². The van der Waals surface area contributed by atoms with E-state index in [2.05, 4.69) is 5.32 Å². The van der Waals surface area contributed by atoms with Crippen molar-refractivity contribution in [1.82, 2.24) is 10.0 Å². The smallest absolute Gasteiger partial charge is 0.324 e. The van der Waals surface area contributed by atoms with Crippen molar-refractivity contribution in [3.05, 3.63) is 30.1 Å². The third kappa shape index (κ3) is 5.29. The average Bonchev–Trinajstić information content (AvgIpc) is 2.47. The third-order valence-corrected chi connectivity index (χ3v) is 4.40. The highest BCUT2D eigenvalue weighted by atomic mass is 32.2. The molecule has 0 bridgehead atoms. The van der Waals surface area contributed by atoms with E-state index < -0.39 is 44.8 Å². The summed E-state index contributed by atoms with van der Waals surface area (Å²) in [4.78, 5) is 22.7. The zero-order chi connectivity index (χ0) is 17.6. The quantitative estimate of drug-likeness (QED) is 0.703. The van der Waals surface area contributed by atoms with Gasteiger partial charge in [0.2, 0.25) is 10.0 Å². The van der Waals surface area contributed by atoms with Crippen LogP contribution in [0.2, 0.25) is 0 Å². The van der Waals surface area contributed by atoms with Crippen molar-refractivity contribution >= 4 is 21.9 Å². The summed E-state index contributed by atoms with van der Waals surface area (Å²) in [6.07, 6.45) is -1.07. The lowest BCUT2D eigenvalue weighted by atomic mass is 10.3. The van der Waals surface area contributed by atoms with Gasteiger partial charge < -0.3 is 10.1 Å². The van der Waals surface area contributed by atoms with Crippen LogP contribution in [0.3, 0.4) is 0 Å². The molecule has 9 heteroatoms. The molecule has 0 aliphatic heterocycles. The topological polar surface area (TPSA) is 102 Å². The highest BCUT2D eigenvalue weighted by Crippen LogP contribution is 2.13. The lowest BCUT2D eigenvalue weighted by Crippen LogP contribution is -2.43. The first-order chi connectivity index (χ1) is 10.7. The molecular weight excluding hydrogens is 327 g/mol. The highest BCUT2D eigenvalue weighted by molar-refractivity contribution is 7.89. The van der Waals surface area contributed by atoms with Gasteiger partial charge >= 0.3 is 5.97 Å². The van der Waals surface area contributed by atoms with Gasteiger partial charge in [-0.1, -0.05) is 12.1 Å². The number of hydrogen-bond donors (Lipinski definition) is 2. The van der Waals surface area contributed by atoms with Crippen LogP contribution >= 0.6 is 0 Å². The largest absolute Gasteiger partial charge is 0.451 e. The van der Waals surface area contributed by atoms with Gasteiger partial charge in [0.15, 0.2) is 6.10 Å². The Morgan fingerprint density at radius 1 is 1.26 bits per heavy atom. The van der Waals surface area contributed by atoms with Gasteiger partial charge in [0, 0.05) is 6.54 Å². The van der Waals surface area contributed by atoms with Crippen molar-refractivity contribution in [2.45, 2.75) is 37.8 Å². The van der Waals surface area contributed by atoms with E-state index >= 15 is 0 Å². The van der Waals surface area contributed by atoms with Gasteiger partial charge in [-0.05, 0) is 32.9 Å². The fourth-order valence-electron chi connectivity index (χ4n) is 1.65. The van der Waals surface area contributed by atoms with Gasteiger partial charge in [-0.2, -0.15) is 4.72 Å². The minimum Gasteiger partial charge on any atom is -0.451 e. The lowest BCUT2D eigenvalue weighted by molar-refractivity contribution is -0.156. The van der Waals surface area contributed by atoms with Gasteiger partial charge in [-0.3, -0.25) is 9.59 Å². The summed E-state index contributed by atoms with van der Waals surface area (Å²) in [7, 11) is -4.23. The molecule has 0 unspecified atom stereocenters. The van der Waals surface area contributed by atoms with Crippen LogP contribution in [0.15, 0.2) is 29.2 Å². The van der Waals surface area contributed by atoms with Crippen LogP contribution < -0.4 is 10.0 Å². The number of amides is 1. The van der Waals surface area contributed by atoms with E-state index in [4.69, 9.17) is 4.74 Å². The number of sulfonamides is 1. The minimum absolute atomic E-state index is 0.371. The van der Waals surface area contributed by atoms with Gasteiger partial charge in [0.1, 0.15) is 16.8 Å². The molecule has 2 atom stereocenters. The Bertz CT molecular complexity index is 678. The van der Waals surface area contributed by atoms with E-state index in [1.165, 1.54) is 26.0 Å². The monoisotopic (exact) mass is 346 g/mol. The van der Waals surface area contributed by atoms with E-state index in [-0.39, 0.29) is 0 Å². The fraction of sp³-hybridized carbons (Fsp3) is 0.429. The molecule has 7 nitrogen and oxygen atoms in total. The first-order valence-electron chi connectivity index (χ1n) is 6.94. The second-order valence-corrected chi connectivity index (χ2v) is 6.43. The Balaban J connectivity index is 2.75. The molecule has 0 heterocycles. The first kappa shape index (κ1) is 19.0. The predicted octanol–water partition coefficient (Wildman–Crippen LogP) is 0.560. The summed E-state index contributed by atoms with van der Waals surface area (Å²) in [5.74, 6) is -2.37. The normalized spacial score (nSPS) is 13.9. The number of nitrogens with one attached hydrogen (secondary N) is 2. The molecule has 0 aliphatic rings. The molecule has 23 heavy (non-hydrogen) atoms. The van der Waals surface area contributed by atoms with Crippen molar-refractivity contribution < 1.29 is 27.1 Å². The molecule has 1 aromatic rings. The first-order valence-corrected chi connectivity index (χ1v) is 8.42. The maximum atomic E-state index is 13.5. The van der Waals surface area contributed by atoms with Crippen molar-refractivity contribution in [2.75, 3.05) is 6.54 Å². The number of carbonyl (C=O) groups is 2. The second-order valence-electron chi connectivity index (χ2n) is 4.75. The van der Waals surface area contributed by atoms with E-state index in [0.29, 0.717) is 6.54 Å². The number of hydrogen-bond acceptors (Lipinski definition) is 5. The Labute approximate surface area is 134 Å². The molecule has 0 aliphatic carbocycles. The molecule has 0 saturated carbocycles. The number of halogens is 1. The molecule has 1 amide bonds. The zero-order valence-electron chi connectivity index (χ0n) is 13.0. The van der Waals surface area contributed by atoms with Gasteiger partial charge in [-0.25, -0.2) is 12.8 Å². The number of ether oxygens (including phenoxy) is 1. The fourth-order valence-corrected chi connectivity index (χ4v) is 2.93. The van der Waals surface area contributed by atoms with Crippen molar-refractivity contribution in [3.63, 3.8) is 0 Å². The van der Waals surface area contributed by atoms with Gasteiger partial charge in [-0.15, -0.1) is 0 Å². The van der Waals surface area contributed by atoms with Gasteiger partial charge in [0.05, 0.1) is 0 Å². The molecule has 1 aromatic carbocycles. The van der Waals surface area contributed by atoms with E-state index in [1.54, 1.807) is 6.92 Å². The number of benzene rings is 1.